The predicted octanol–water partition coefficient (Wildman–Crippen LogP) is 0.596. The molecule has 0 aromatic heterocycles. The van der Waals surface area contributed by atoms with Crippen LogP contribution in [-0.4, -0.2) is 56.0 Å². The normalized spacial score (nSPS) is 31.2. The Morgan fingerprint density at radius 3 is 2.88 bits per heavy atom. The van der Waals surface area contributed by atoms with Crippen LogP contribution in [-0.2, 0) is 9.47 Å². The van der Waals surface area contributed by atoms with Crippen molar-refractivity contribution in [2.75, 3.05) is 32.8 Å². The van der Waals surface area contributed by atoms with Gasteiger partial charge in [-0.2, -0.15) is 0 Å². The lowest BCUT2D eigenvalue weighted by atomic mass is 10.1. The van der Waals surface area contributed by atoms with E-state index in [0.717, 1.165) is 45.7 Å². The van der Waals surface area contributed by atoms with Crippen LogP contribution in [0.4, 0.5) is 4.79 Å². The molecule has 2 aliphatic rings. The number of ether oxygens (including phenoxy) is 2. The van der Waals surface area contributed by atoms with Crippen LogP contribution >= 0.6 is 0 Å². The van der Waals surface area contributed by atoms with E-state index in [1.807, 2.05) is 0 Å². The SMILES string of the molecule is CCC[C@H]1NC(=O)O[C@@H]1CN1CCOCC1. The summed E-state index contributed by atoms with van der Waals surface area (Å²) in [6, 6.07) is 0.181. The Labute approximate surface area is 96.1 Å². The van der Waals surface area contributed by atoms with Gasteiger partial charge in [-0.1, -0.05) is 13.3 Å². The van der Waals surface area contributed by atoms with Gasteiger partial charge >= 0.3 is 6.09 Å². The van der Waals surface area contributed by atoms with Crippen molar-refractivity contribution in [3.8, 4) is 0 Å². The second-order valence-electron chi connectivity index (χ2n) is 4.40. The first-order valence-electron chi connectivity index (χ1n) is 6.07. The number of carbonyl (C=O) groups is 1. The average molecular weight is 228 g/mol. The largest absolute Gasteiger partial charge is 0.443 e. The molecule has 2 heterocycles. The molecule has 0 unspecified atom stereocenters. The third kappa shape index (κ3) is 2.86. The smallest absolute Gasteiger partial charge is 0.407 e. The maximum atomic E-state index is 11.2. The van der Waals surface area contributed by atoms with E-state index in [-0.39, 0.29) is 18.2 Å². The van der Waals surface area contributed by atoms with Crippen LogP contribution in [0.3, 0.4) is 0 Å². The van der Waals surface area contributed by atoms with Crippen LogP contribution in [0.25, 0.3) is 0 Å². The molecule has 0 radical (unpaired) electrons. The molecule has 5 nitrogen and oxygen atoms in total. The van der Waals surface area contributed by atoms with Gasteiger partial charge in [0.2, 0.25) is 0 Å². The van der Waals surface area contributed by atoms with Crippen LogP contribution in [0.15, 0.2) is 0 Å². The highest BCUT2D eigenvalue weighted by Crippen LogP contribution is 2.15. The van der Waals surface area contributed by atoms with Crippen molar-refractivity contribution in [2.45, 2.75) is 31.9 Å². The zero-order valence-electron chi connectivity index (χ0n) is 9.78. The lowest BCUT2D eigenvalue weighted by Crippen LogP contribution is -2.44. The van der Waals surface area contributed by atoms with E-state index in [1.54, 1.807) is 0 Å². The second-order valence-corrected chi connectivity index (χ2v) is 4.40. The van der Waals surface area contributed by atoms with Gasteiger partial charge in [0.1, 0.15) is 6.10 Å². The minimum absolute atomic E-state index is 0.00514. The van der Waals surface area contributed by atoms with Crippen LogP contribution in [0, 0.1) is 0 Å². The zero-order valence-corrected chi connectivity index (χ0v) is 9.78. The highest BCUT2D eigenvalue weighted by molar-refractivity contribution is 5.70. The van der Waals surface area contributed by atoms with E-state index in [1.165, 1.54) is 0 Å². The summed E-state index contributed by atoms with van der Waals surface area (Å²) in [5.41, 5.74) is 0. The summed E-state index contributed by atoms with van der Waals surface area (Å²) in [7, 11) is 0. The summed E-state index contributed by atoms with van der Waals surface area (Å²) in [5, 5.41) is 2.88. The Morgan fingerprint density at radius 2 is 2.19 bits per heavy atom. The van der Waals surface area contributed by atoms with Gasteiger partial charge in [0.05, 0.1) is 19.3 Å². The molecule has 2 saturated heterocycles. The maximum Gasteiger partial charge on any atom is 0.407 e. The van der Waals surface area contributed by atoms with Crippen LogP contribution in [0.2, 0.25) is 0 Å². The Kier molecular flexibility index (Phi) is 4.01. The van der Waals surface area contributed by atoms with Gasteiger partial charge in [-0.15, -0.1) is 0 Å². The minimum Gasteiger partial charge on any atom is -0.443 e. The zero-order chi connectivity index (χ0) is 11.4. The quantitative estimate of drug-likeness (QED) is 0.765. The summed E-state index contributed by atoms with van der Waals surface area (Å²) < 4.78 is 10.6. The molecule has 0 spiro atoms. The number of rotatable bonds is 4. The van der Waals surface area contributed by atoms with Crippen molar-refractivity contribution in [3.05, 3.63) is 0 Å². The number of cyclic esters (lactones) is 1. The van der Waals surface area contributed by atoms with Crippen molar-refractivity contribution in [1.29, 1.82) is 0 Å². The lowest BCUT2D eigenvalue weighted by Gasteiger charge is -2.29. The Hall–Kier alpha value is -0.810. The van der Waals surface area contributed by atoms with Crippen LogP contribution in [0.5, 0.6) is 0 Å². The number of nitrogens with zero attached hydrogens (tertiary/aromatic N) is 1. The summed E-state index contributed by atoms with van der Waals surface area (Å²) in [4.78, 5) is 13.5. The summed E-state index contributed by atoms with van der Waals surface area (Å²) in [6.45, 7) is 6.39. The standard InChI is InChI=1S/C11H20N2O3/c1-2-3-9-10(16-11(14)12-9)8-13-4-6-15-7-5-13/h9-10H,2-8H2,1H3,(H,12,14)/t9-,10-/m1/s1. The summed E-state index contributed by atoms with van der Waals surface area (Å²) in [5.74, 6) is 0. The molecule has 2 aliphatic heterocycles. The van der Waals surface area contributed by atoms with Gasteiger partial charge in [-0.3, -0.25) is 4.90 Å². The van der Waals surface area contributed by atoms with Gasteiger partial charge in [-0.25, -0.2) is 4.79 Å². The molecule has 0 bridgehead atoms. The predicted molar refractivity (Wildman–Crippen MR) is 59.4 cm³/mol. The molecular formula is C11H20N2O3. The molecular weight excluding hydrogens is 208 g/mol. The number of alkyl carbamates (subject to hydrolysis) is 1. The van der Waals surface area contributed by atoms with E-state index < -0.39 is 0 Å². The van der Waals surface area contributed by atoms with Crippen LogP contribution < -0.4 is 5.32 Å². The highest BCUT2D eigenvalue weighted by atomic mass is 16.6. The van der Waals surface area contributed by atoms with Crippen molar-refractivity contribution in [3.63, 3.8) is 0 Å². The molecule has 0 saturated carbocycles. The number of morpholine rings is 1. The molecule has 0 aromatic carbocycles. The average Bonchev–Trinajstić information content (AvgIpc) is 2.61. The molecule has 92 valence electrons. The molecule has 2 fully saturated rings. The highest BCUT2D eigenvalue weighted by Gasteiger charge is 2.34. The molecule has 5 heteroatoms. The number of nitrogens with one attached hydrogen (secondary N) is 1. The fourth-order valence-electron chi connectivity index (χ4n) is 2.27. The topological polar surface area (TPSA) is 50.8 Å². The van der Waals surface area contributed by atoms with Gasteiger partial charge in [0.25, 0.3) is 0 Å². The molecule has 16 heavy (non-hydrogen) atoms. The van der Waals surface area contributed by atoms with Crippen molar-refractivity contribution >= 4 is 6.09 Å². The van der Waals surface area contributed by atoms with E-state index in [9.17, 15) is 4.79 Å². The van der Waals surface area contributed by atoms with Crippen molar-refractivity contribution in [2.24, 2.45) is 0 Å². The Balaban J connectivity index is 1.84. The van der Waals surface area contributed by atoms with Crippen molar-refractivity contribution < 1.29 is 14.3 Å². The third-order valence-corrected chi connectivity index (χ3v) is 3.15. The van der Waals surface area contributed by atoms with E-state index in [0.29, 0.717) is 0 Å². The van der Waals surface area contributed by atoms with E-state index in [4.69, 9.17) is 9.47 Å². The molecule has 1 N–H and O–H groups in total. The molecule has 0 aromatic rings. The molecule has 1 amide bonds. The first kappa shape index (κ1) is 11.7. The fraction of sp³-hybridized carbons (Fsp3) is 0.909. The van der Waals surface area contributed by atoms with Crippen molar-refractivity contribution in [1.82, 2.24) is 10.2 Å². The molecule has 0 aliphatic carbocycles. The number of carbonyl (C=O) groups excluding carboxylic acids is 1. The van der Waals surface area contributed by atoms with E-state index in [2.05, 4.69) is 17.1 Å². The van der Waals surface area contributed by atoms with E-state index >= 15 is 0 Å². The number of hydrogen-bond acceptors (Lipinski definition) is 4. The van der Waals surface area contributed by atoms with Gasteiger partial charge in [0, 0.05) is 19.6 Å². The minimum atomic E-state index is -0.267. The summed E-state index contributed by atoms with van der Waals surface area (Å²) >= 11 is 0. The van der Waals surface area contributed by atoms with Crippen LogP contribution in [0.1, 0.15) is 19.8 Å². The third-order valence-electron chi connectivity index (χ3n) is 3.15. The van der Waals surface area contributed by atoms with Gasteiger partial charge in [-0.05, 0) is 6.42 Å². The summed E-state index contributed by atoms with van der Waals surface area (Å²) in [6.07, 6.45) is 1.79. The Bertz CT molecular complexity index is 241. The first-order valence-corrected chi connectivity index (χ1v) is 6.07. The van der Waals surface area contributed by atoms with Gasteiger partial charge < -0.3 is 14.8 Å². The van der Waals surface area contributed by atoms with Gasteiger partial charge in [0.15, 0.2) is 0 Å². The fourth-order valence-corrected chi connectivity index (χ4v) is 2.27. The Morgan fingerprint density at radius 1 is 1.44 bits per heavy atom. The second kappa shape index (κ2) is 5.50. The first-order chi connectivity index (χ1) is 7.79. The monoisotopic (exact) mass is 228 g/mol. The molecule has 2 rings (SSSR count). The number of hydrogen-bond donors (Lipinski definition) is 1. The maximum absolute atomic E-state index is 11.2. The lowest BCUT2D eigenvalue weighted by molar-refractivity contribution is 0.0143. The molecule has 2 atom stereocenters. The number of amides is 1.